The maximum absolute atomic E-state index is 13.4. The molecule has 2 N–H and O–H groups in total. The molecule has 2 rings (SSSR count). The molecule has 2 unspecified atom stereocenters. The topological polar surface area (TPSA) is 97.0 Å². The number of hydrogen-bond acceptors (Lipinski definition) is 6. The Kier molecular flexibility index (Phi) is 13.8. The van der Waals surface area contributed by atoms with Crippen LogP contribution in [-0.4, -0.2) is 60.0 Å². The molecule has 8 nitrogen and oxygen atoms in total. The predicted octanol–water partition coefficient (Wildman–Crippen LogP) is 4.90. The summed E-state index contributed by atoms with van der Waals surface area (Å²) in [5.41, 5.74) is 1.20. The number of amides is 2. The van der Waals surface area contributed by atoms with Gasteiger partial charge in [-0.1, -0.05) is 70.2 Å². The molecule has 2 aromatic rings. The molecule has 0 aliphatic carbocycles. The van der Waals surface area contributed by atoms with Gasteiger partial charge in [-0.25, -0.2) is 4.79 Å². The Hall–Kier alpha value is -3.39. The van der Waals surface area contributed by atoms with Crippen LogP contribution in [0.25, 0.3) is 0 Å². The smallest absolute Gasteiger partial charge is 0.329 e. The number of esters is 1. The van der Waals surface area contributed by atoms with Crippen LogP contribution in [0.1, 0.15) is 72.4 Å². The normalized spacial score (nSPS) is 13.0. The first kappa shape index (κ1) is 33.8. The van der Waals surface area contributed by atoms with Crippen molar-refractivity contribution in [3.8, 4) is 5.75 Å². The summed E-state index contributed by atoms with van der Waals surface area (Å²) >= 11 is 0. The van der Waals surface area contributed by atoms with Gasteiger partial charge in [-0.15, -0.1) is 0 Å². The molecule has 0 aromatic heterocycles. The van der Waals surface area contributed by atoms with Gasteiger partial charge < -0.3 is 25.0 Å². The molecule has 2 aromatic carbocycles. The molecule has 226 valence electrons. The average Bonchev–Trinajstić information content (AvgIpc) is 2.91. The van der Waals surface area contributed by atoms with Crippen molar-refractivity contribution >= 4 is 17.8 Å². The first-order chi connectivity index (χ1) is 19.4. The van der Waals surface area contributed by atoms with Crippen molar-refractivity contribution in [3.63, 3.8) is 0 Å². The maximum Gasteiger partial charge on any atom is 0.329 e. The van der Waals surface area contributed by atoms with Gasteiger partial charge in [0.05, 0.1) is 0 Å². The number of nitrogens with one attached hydrogen (secondary N) is 2. The summed E-state index contributed by atoms with van der Waals surface area (Å²) in [6.45, 7) is 16.3. The molecule has 0 bridgehead atoms. The molecule has 8 heteroatoms. The Balaban J connectivity index is 2.12. The van der Waals surface area contributed by atoms with Gasteiger partial charge in [0.15, 0.2) is 0 Å². The second-order valence-corrected chi connectivity index (χ2v) is 11.7. The molecule has 0 spiro atoms. The van der Waals surface area contributed by atoms with Gasteiger partial charge in [0.1, 0.15) is 30.0 Å². The van der Waals surface area contributed by atoms with E-state index in [-0.39, 0.29) is 18.2 Å². The summed E-state index contributed by atoms with van der Waals surface area (Å²) in [5.74, 6) is -0.227. The Labute approximate surface area is 246 Å². The summed E-state index contributed by atoms with van der Waals surface area (Å²) in [6.07, 6.45) is 0.999. The fourth-order valence-electron chi connectivity index (χ4n) is 4.31. The third kappa shape index (κ3) is 13.2. The maximum atomic E-state index is 13.4. The van der Waals surface area contributed by atoms with Gasteiger partial charge in [-0.3, -0.25) is 9.59 Å². The average molecular weight is 568 g/mol. The monoisotopic (exact) mass is 567 g/mol. The largest absolute Gasteiger partial charge is 0.489 e. The molecule has 0 heterocycles. The fourth-order valence-corrected chi connectivity index (χ4v) is 4.31. The summed E-state index contributed by atoms with van der Waals surface area (Å²) in [6, 6.07) is 15.7. The molecule has 0 saturated carbocycles. The first-order valence-electron chi connectivity index (χ1n) is 14.7. The zero-order valence-electron chi connectivity index (χ0n) is 25.9. The van der Waals surface area contributed by atoms with Crippen LogP contribution < -0.4 is 15.4 Å². The minimum Gasteiger partial charge on any atom is -0.489 e. The third-order valence-electron chi connectivity index (χ3n) is 6.53. The van der Waals surface area contributed by atoms with Crippen molar-refractivity contribution in [1.82, 2.24) is 15.5 Å². The van der Waals surface area contributed by atoms with Crippen LogP contribution in [0.15, 0.2) is 54.6 Å². The van der Waals surface area contributed by atoms with Crippen molar-refractivity contribution in [2.24, 2.45) is 5.92 Å². The number of carbonyl (C=O) groups excluding carboxylic acids is 3. The van der Waals surface area contributed by atoms with Crippen molar-refractivity contribution in [2.45, 2.75) is 92.0 Å². The number of carbonyl (C=O) groups is 3. The van der Waals surface area contributed by atoms with Crippen LogP contribution in [0.3, 0.4) is 0 Å². The molecular formula is C33H49N3O5. The van der Waals surface area contributed by atoms with Gasteiger partial charge >= 0.3 is 5.97 Å². The van der Waals surface area contributed by atoms with Gasteiger partial charge in [0.25, 0.3) is 0 Å². The Bertz CT molecular complexity index is 1080. The van der Waals surface area contributed by atoms with Crippen LogP contribution >= 0.6 is 0 Å². The third-order valence-corrected chi connectivity index (χ3v) is 6.53. The van der Waals surface area contributed by atoms with Crippen molar-refractivity contribution < 1.29 is 23.9 Å². The first-order valence-corrected chi connectivity index (χ1v) is 14.7. The highest BCUT2D eigenvalue weighted by Crippen LogP contribution is 2.17. The predicted molar refractivity (Wildman–Crippen MR) is 162 cm³/mol. The van der Waals surface area contributed by atoms with Crippen molar-refractivity contribution in [2.75, 3.05) is 19.6 Å². The number of rotatable bonds is 16. The van der Waals surface area contributed by atoms with E-state index in [1.165, 1.54) is 0 Å². The summed E-state index contributed by atoms with van der Waals surface area (Å²) in [4.78, 5) is 41.5. The molecule has 0 fully saturated rings. The molecular weight excluding hydrogens is 518 g/mol. The van der Waals surface area contributed by atoms with E-state index in [9.17, 15) is 14.4 Å². The number of ether oxygens (including phenoxy) is 2. The lowest BCUT2D eigenvalue weighted by Crippen LogP contribution is -2.53. The van der Waals surface area contributed by atoms with Gasteiger partial charge in [0.2, 0.25) is 11.8 Å². The van der Waals surface area contributed by atoms with Crippen LogP contribution in [0.2, 0.25) is 0 Å². The van der Waals surface area contributed by atoms with E-state index < -0.39 is 29.6 Å². The summed E-state index contributed by atoms with van der Waals surface area (Å²) in [5, 5.41) is 5.77. The van der Waals surface area contributed by atoms with E-state index in [0.717, 1.165) is 24.2 Å². The van der Waals surface area contributed by atoms with Gasteiger partial charge in [-0.2, -0.15) is 0 Å². The van der Waals surface area contributed by atoms with Crippen molar-refractivity contribution in [1.29, 1.82) is 0 Å². The van der Waals surface area contributed by atoms with Crippen molar-refractivity contribution in [3.05, 3.63) is 65.7 Å². The minimum absolute atomic E-state index is 0.164. The highest BCUT2D eigenvalue weighted by Gasteiger charge is 2.30. The van der Waals surface area contributed by atoms with E-state index in [2.05, 4.69) is 29.4 Å². The Morgan fingerprint density at radius 1 is 0.854 bits per heavy atom. The van der Waals surface area contributed by atoms with Gasteiger partial charge in [0, 0.05) is 19.4 Å². The van der Waals surface area contributed by atoms with Gasteiger partial charge in [-0.05, 0) is 69.5 Å². The number of nitrogens with zero attached hydrogens (tertiary/aromatic N) is 1. The van der Waals surface area contributed by atoms with Crippen LogP contribution in [0.5, 0.6) is 5.75 Å². The summed E-state index contributed by atoms with van der Waals surface area (Å²) < 4.78 is 11.5. The molecule has 41 heavy (non-hydrogen) atoms. The highest BCUT2D eigenvalue weighted by atomic mass is 16.6. The van der Waals surface area contributed by atoms with E-state index in [0.29, 0.717) is 31.7 Å². The standard InChI is InChI=1S/C33H49N3O5/c1-8-36(9-2)20-19-30(37)34-28(21-24(3)4)31(38)35-29(32(39)41-33(5,6)7)22-25-15-17-27(18-16-25)40-23-26-13-11-10-12-14-26/h10-18,24,28-29H,8-9,19-23H2,1-7H3,(H,34,37)(H,35,38). The van der Waals surface area contributed by atoms with Crippen LogP contribution in [0, 0.1) is 5.92 Å². The molecule has 0 aliphatic heterocycles. The van der Waals surface area contributed by atoms with E-state index >= 15 is 0 Å². The van der Waals surface area contributed by atoms with Crippen LogP contribution in [0.4, 0.5) is 0 Å². The lowest BCUT2D eigenvalue weighted by Gasteiger charge is -2.27. The molecule has 0 saturated heterocycles. The zero-order valence-corrected chi connectivity index (χ0v) is 25.9. The Morgan fingerprint density at radius 3 is 2.05 bits per heavy atom. The van der Waals surface area contributed by atoms with E-state index in [1.807, 2.05) is 68.4 Å². The minimum atomic E-state index is -0.917. The molecule has 2 atom stereocenters. The summed E-state index contributed by atoms with van der Waals surface area (Å²) in [7, 11) is 0. The van der Waals surface area contributed by atoms with E-state index in [4.69, 9.17) is 9.47 Å². The molecule has 0 aliphatic rings. The number of benzene rings is 2. The molecule has 2 amide bonds. The second-order valence-electron chi connectivity index (χ2n) is 11.7. The fraction of sp³-hybridized carbons (Fsp3) is 0.545. The lowest BCUT2D eigenvalue weighted by molar-refractivity contribution is -0.158. The Morgan fingerprint density at radius 2 is 1.49 bits per heavy atom. The van der Waals surface area contributed by atoms with Crippen LogP contribution in [-0.2, 0) is 32.1 Å². The van der Waals surface area contributed by atoms with E-state index in [1.54, 1.807) is 20.8 Å². The zero-order chi connectivity index (χ0) is 30.4. The highest BCUT2D eigenvalue weighted by molar-refractivity contribution is 5.91. The lowest BCUT2D eigenvalue weighted by atomic mass is 10.0. The number of hydrogen-bond donors (Lipinski definition) is 2. The SMILES string of the molecule is CCN(CC)CCC(=O)NC(CC(C)C)C(=O)NC(Cc1ccc(OCc2ccccc2)cc1)C(=O)OC(C)(C)C. The quantitative estimate of drug-likeness (QED) is 0.280. The molecule has 0 radical (unpaired) electrons. The second kappa shape index (κ2) is 16.8.